The van der Waals surface area contributed by atoms with E-state index in [1.54, 1.807) is 0 Å². The average molecular weight is 359 g/mol. The van der Waals surface area contributed by atoms with Crippen LogP contribution < -0.4 is 0 Å². The third kappa shape index (κ3) is 5.19. The number of Topliss-reactive ketones (excluding diaryl/α,β-unsaturated/α-hetero) is 1. The lowest BCUT2D eigenvalue weighted by molar-refractivity contribution is -0.947. The molecule has 1 atom stereocenters. The molecule has 2 rings (SSSR count). The number of hydrogen-bond acceptors (Lipinski definition) is 1. The number of unbranched alkanes of at least 4 members (excludes halogenated alkanes) is 2. The highest BCUT2D eigenvalue weighted by atomic mass is 16.1. The first kappa shape index (κ1) is 21.2. The average Bonchev–Trinajstić information content (AvgIpc) is 2.64. The first-order valence-corrected chi connectivity index (χ1v) is 11.0. The largest absolute Gasteiger partial charge is 0.315 e. The molecule has 26 heavy (non-hydrogen) atoms. The van der Waals surface area contributed by atoms with E-state index >= 15 is 0 Å². The molecule has 146 valence electrons. The topological polar surface area (TPSA) is 17.1 Å². The summed E-state index contributed by atoms with van der Waals surface area (Å²) >= 11 is 0. The number of carbonyl (C=O) groups is 1. The summed E-state index contributed by atoms with van der Waals surface area (Å²) in [5, 5.41) is 0. The fourth-order valence-electron chi connectivity index (χ4n) is 4.86. The van der Waals surface area contributed by atoms with E-state index in [2.05, 4.69) is 45.9 Å². The summed E-state index contributed by atoms with van der Waals surface area (Å²) in [5.74, 6) is 0.494. The molecule has 0 spiro atoms. The minimum Gasteiger partial charge on any atom is -0.315 e. The summed E-state index contributed by atoms with van der Waals surface area (Å²) in [5.41, 5.74) is 3.81. The Kier molecular flexibility index (Phi) is 8.34. The van der Waals surface area contributed by atoms with Crippen molar-refractivity contribution in [2.75, 3.05) is 19.6 Å². The Morgan fingerprint density at radius 2 is 1.62 bits per heavy atom. The molecular weight excluding hydrogens is 318 g/mol. The standard InChI is InChI=1S/C24H40NO/c1-5-7-15-23(25(16-8-6-2)17-10-9-11-18-25)24(26)19-22-20(3)13-12-14-21(22)4/h12-14,23H,5-11,15-19H2,1-4H3/q+1. The molecule has 0 saturated carbocycles. The number of rotatable bonds is 10. The van der Waals surface area contributed by atoms with E-state index in [9.17, 15) is 4.79 Å². The monoisotopic (exact) mass is 358 g/mol. The Hall–Kier alpha value is -1.15. The van der Waals surface area contributed by atoms with Crippen molar-refractivity contribution >= 4 is 5.78 Å². The molecule has 1 aromatic carbocycles. The van der Waals surface area contributed by atoms with Crippen LogP contribution in [0.2, 0.25) is 0 Å². The first-order valence-electron chi connectivity index (χ1n) is 11.0. The lowest BCUT2D eigenvalue weighted by atomic mass is 9.90. The summed E-state index contributed by atoms with van der Waals surface area (Å²) in [6, 6.07) is 6.62. The SMILES string of the molecule is CCCCC(C(=O)Cc1c(C)cccc1C)[N+]1(CCCC)CCCCC1. The zero-order valence-electron chi connectivity index (χ0n) is 17.7. The van der Waals surface area contributed by atoms with Crippen LogP contribution in [0.5, 0.6) is 0 Å². The molecule has 1 heterocycles. The molecule has 0 N–H and O–H groups in total. The van der Waals surface area contributed by atoms with Gasteiger partial charge in [-0.2, -0.15) is 0 Å². The van der Waals surface area contributed by atoms with Gasteiger partial charge in [0.15, 0.2) is 5.78 Å². The normalized spacial score (nSPS) is 17.8. The van der Waals surface area contributed by atoms with Gasteiger partial charge in [-0.05, 0) is 62.6 Å². The highest BCUT2D eigenvalue weighted by Gasteiger charge is 2.41. The molecule has 0 radical (unpaired) electrons. The highest BCUT2D eigenvalue weighted by Crippen LogP contribution is 2.29. The van der Waals surface area contributed by atoms with Gasteiger partial charge in [-0.1, -0.05) is 44.9 Å². The molecular formula is C24H40NO+. The maximum absolute atomic E-state index is 13.6. The molecule has 1 fully saturated rings. The maximum atomic E-state index is 13.6. The van der Waals surface area contributed by atoms with E-state index in [1.165, 1.54) is 81.3 Å². The smallest absolute Gasteiger partial charge is 0.194 e. The van der Waals surface area contributed by atoms with E-state index in [0.717, 1.165) is 10.9 Å². The predicted octanol–water partition coefficient (Wildman–Crippen LogP) is 5.77. The van der Waals surface area contributed by atoms with Gasteiger partial charge in [0.1, 0.15) is 6.04 Å². The Morgan fingerprint density at radius 1 is 1.00 bits per heavy atom. The molecule has 2 heteroatoms. The van der Waals surface area contributed by atoms with Crippen molar-refractivity contribution < 1.29 is 9.28 Å². The van der Waals surface area contributed by atoms with Gasteiger partial charge in [0.25, 0.3) is 0 Å². The molecule has 1 aliphatic rings. The Morgan fingerprint density at radius 3 is 2.19 bits per heavy atom. The second-order valence-electron chi connectivity index (χ2n) is 8.48. The van der Waals surface area contributed by atoms with Crippen LogP contribution in [0.25, 0.3) is 0 Å². The molecule has 0 aromatic heterocycles. The van der Waals surface area contributed by atoms with Crippen LogP contribution in [0.3, 0.4) is 0 Å². The zero-order valence-corrected chi connectivity index (χ0v) is 17.7. The maximum Gasteiger partial charge on any atom is 0.194 e. The summed E-state index contributed by atoms with van der Waals surface area (Å²) in [6.45, 7) is 12.5. The lowest BCUT2D eigenvalue weighted by Gasteiger charge is -2.47. The van der Waals surface area contributed by atoms with Gasteiger partial charge in [0.2, 0.25) is 0 Å². The van der Waals surface area contributed by atoms with Gasteiger partial charge >= 0.3 is 0 Å². The molecule has 1 saturated heterocycles. The number of benzene rings is 1. The van der Waals surface area contributed by atoms with Gasteiger partial charge in [-0.15, -0.1) is 0 Å². The van der Waals surface area contributed by atoms with Gasteiger partial charge in [-0.3, -0.25) is 4.79 Å². The minimum atomic E-state index is 0.209. The molecule has 0 aliphatic carbocycles. The third-order valence-electron chi connectivity index (χ3n) is 6.52. The van der Waals surface area contributed by atoms with Crippen LogP contribution in [0.1, 0.15) is 81.9 Å². The van der Waals surface area contributed by atoms with Crippen molar-refractivity contribution in [2.45, 2.75) is 91.5 Å². The molecule has 1 aromatic rings. The number of quaternary nitrogens is 1. The molecule has 2 nitrogen and oxygen atoms in total. The van der Waals surface area contributed by atoms with E-state index in [1.807, 2.05) is 0 Å². The lowest BCUT2D eigenvalue weighted by Crippen LogP contribution is -2.61. The van der Waals surface area contributed by atoms with Crippen LogP contribution in [0.15, 0.2) is 18.2 Å². The third-order valence-corrected chi connectivity index (χ3v) is 6.52. The Labute approximate surface area is 161 Å². The highest BCUT2D eigenvalue weighted by molar-refractivity contribution is 5.85. The number of piperidine rings is 1. The summed E-state index contributed by atoms with van der Waals surface area (Å²) in [4.78, 5) is 13.6. The molecule has 0 bridgehead atoms. The van der Waals surface area contributed by atoms with Crippen molar-refractivity contribution in [1.29, 1.82) is 0 Å². The minimum absolute atomic E-state index is 0.209. The second kappa shape index (κ2) is 10.3. The van der Waals surface area contributed by atoms with Gasteiger partial charge in [0.05, 0.1) is 19.6 Å². The van der Waals surface area contributed by atoms with Crippen LogP contribution in [0.4, 0.5) is 0 Å². The van der Waals surface area contributed by atoms with Gasteiger partial charge in [-0.25, -0.2) is 0 Å². The fourth-order valence-corrected chi connectivity index (χ4v) is 4.86. The van der Waals surface area contributed by atoms with Crippen LogP contribution in [0, 0.1) is 13.8 Å². The van der Waals surface area contributed by atoms with E-state index in [-0.39, 0.29) is 6.04 Å². The van der Waals surface area contributed by atoms with Crippen molar-refractivity contribution in [3.05, 3.63) is 34.9 Å². The summed E-state index contributed by atoms with van der Waals surface area (Å²) in [6.07, 6.45) is 10.5. The summed E-state index contributed by atoms with van der Waals surface area (Å²) < 4.78 is 1.08. The number of hydrogen-bond donors (Lipinski definition) is 0. The van der Waals surface area contributed by atoms with Crippen LogP contribution in [-0.2, 0) is 11.2 Å². The second-order valence-corrected chi connectivity index (χ2v) is 8.48. The predicted molar refractivity (Wildman–Crippen MR) is 112 cm³/mol. The van der Waals surface area contributed by atoms with Crippen molar-refractivity contribution in [3.8, 4) is 0 Å². The number of ketones is 1. The molecule has 1 aliphatic heterocycles. The number of likely N-dealkylation sites (tertiary alicyclic amines) is 1. The Balaban J connectivity index is 2.27. The van der Waals surface area contributed by atoms with Crippen LogP contribution in [-0.4, -0.2) is 35.9 Å². The molecule has 0 amide bonds. The number of nitrogens with zero attached hydrogens (tertiary/aromatic N) is 1. The van der Waals surface area contributed by atoms with Crippen molar-refractivity contribution in [1.82, 2.24) is 0 Å². The first-order chi connectivity index (χ1) is 12.5. The number of carbonyl (C=O) groups excluding carboxylic acids is 1. The number of aryl methyl sites for hydroxylation is 2. The van der Waals surface area contributed by atoms with Crippen molar-refractivity contribution in [3.63, 3.8) is 0 Å². The van der Waals surface area contributed by atoms with Gasteiger partial charge in [0, 0.05) is 12.8 Å². The van der Waals surface area contributed by atoms with E-state index < -0.39 is 0 Å². The fraction of sp³-hybridized carbons (Fsp3) is 0.708. The van der Waals surface area contributed by atoms with E-state index in [0.29, 0.717) is 12.2 Å². The summed E-state index contributed by atoms with van der Waals surface area (Å²) in [7, 11) is 0. The Bertz CT molecular complexity index is 551. The quantitative estimate of drug-likeness (QED) is 0.485. The van der Waals surface area contributed by atoms with Crippen LogP contribution >= 0.6 is 0 Å². The molecule has 1 unspecified atom stereocenters. The van der Waals surface area contributed by atoms with Crippen molar-refractivity contribution in [2.24, 2.45) is 0 Å². The van der Waals surface area contributed by atoms with Gasteiger partial charge < -0.3 is 4.48 Å². The zero-order chi connectivity index (χ0) is 19.0. The van der Waals surface area contributed by atoms with E-state index in [4.69, 9.17) is 0 Å².